The summed E-state index contributed by atoms with van der Waals surface area (Å²) in [5.41, 5.74) is 0.217. The third kappa shape index (κ3) is 5.29. The molecule has 0 saturated heterocycles. The maximum atomic E-state index is 13.6. The summed E-state index contributed by atoms with van der Waals surface area (Å²) in [4.78, 5) is 22.6. The van der Waals surface area contributed by atoms with Crippen LogP contribution in [0.3, 0.4) is 0 Å². The van der Waals surface area contributed by atoms with Crippen molar-refractivity contribution in [3.05, 3.63) is 24.0 Å². The van der Waals surface area contributed by atoms with E-state index in [9.17, 15) is 14.0 Å². The summed E-state index contributed by atoms with van der Waals surface area (Å²) in [5, 5.41) is 13.6. The van der Waals surface area contributed by atoms with Gasteiger partial charge in [0.1, 0.15) is 6.04 Å². The number of amides is 2. The normalized spacial score (nSPS) is 11.6. The Kier molecular flexibility index (Phi) is 6.45. The molecule has 3 N–H and O–H groups in total. The maximum Gasteiger partial charge on any atom is 0.326 e. The minimum atomic E-state index is -1.11. The van der Waals surface area contributed by atoms with E-state index < -0.39 is 23.9 Å². The first kappa shape index (κ1) is 16.7. The monoisotopic (exact) mass is 298 g/mol. The number of carboxylic acid groups (broad SMARTS) is 1. The highest BCUT2D eigenvalue weighted by molar-refractivity contribution is 5.92. The number of carboxylic acids is 1. The SMILES string of the molecule is CCCC(NC(=O)Nc1ccc(OCC)c(F)c1)C(=O)O. The van der Waals surface area contributed by atoms with Crippen molar-refractivity contribution in [1.29, 1.82) is 0 Å². The van der Waals surface area contributed by atoms with Crippen LogP contribution in [-0.2, 0) is 4.79 Å². The van der Waals surface area contributed by atoms with Crippen LogP contribution in [0.5, 0.6) is 5.75 Å². The molecule has 21 heavy (non-hydrogen) atoms. The van der Waals surface area contributed by atoms with Crippen molar-refractivity contribution in [2.24, 2.45) is 0 Å². The molecular weight excluding hydrogens is 279 g/mol. The summed E-state index contributed by atoms with van der Waals surface area (Å²) in [6.45, 7) is 3.89. The molecule has 1 aromatic carbocycles. The summed E-state index contributed by atoms with van der Waals surface area (Å²) >= 11 is 0. The van der Waals surface area contributed by atoms with Crippen LogP contribution >= 0.6 is 0 Å². The van der Waals surface area contributed by atoms with E-state index >= 15 is 0 Å². The first-order valence-electron chi connectivity index (χ1n) is 6.70. The van der Waals surface area contributed by atoms with Crippen LogP contribution in [0.2, 0.25) is 0 Å². The van der Waals surface area contributed by atoms with E-state index in [4.69, 9.17) is 9.84 Å². The van der Waals surface area contributed by atoms with Crippen molar-refractivity contribution in [2.75, 3.05) is 11.9 Å². The van der Waals surface area contributed by atoms with Crippen molar-refractivity contribution in [3.8, 4) is 5.75 Å². The summed E-state index contributed by atoms with van der Waals surface area (Å²) < 4.78 is 18.7. The average molecular weight is 298 g/mol. The fourth-order valence-corrected chi connectivity index (χ4v) is 1.72. The van der Waals surface area contributed by atoms with Gasteiger partial charge in [0, 0.05) is 11.8 Å². The van der Waals surface area contributed by atoms with E-state index in [0.717, 1.165) is 6.07 Å². The lowest BCUT2D eigenvalue weighted by atomic mass is 10.2. The van der Waals surface area contributed by atoms with Crippen LogP contribution in [0.15, 0.2) is 18.2 Å². The minimum Gasteiger partial charge on any atom is -0.491 e. The van der Waals surface area contributed by atoms with E-state index in [1.807, 2.05) is 6.92 Å². The van der Waals surface area contributed by atoms with Gasteiger partial charge < -0.3 is 20.5 Å². The molecule has 116 valence electrons. The summed E-state index contributed by atoms with van der Waals surface area (Å²) in [5.74, 6) is -1.61. The van der Waals surface area contributed by atoms with Gasteiger partial charge in [0.05, 0.1) is 6.61 Å². The van der Waals surface area contributed by atoms with Gasteiger partial charge in [0.15, 0.2) is 11.6 Å². The number of ether oxygens (including phenoxy) is 1. The second kappa shape index (κ2) is 8.08. The lowest BCUT2D eigenvalue weighted by Gasteiger charge is -2.14. The maximum absolute atomic E-state index is 13.6. The van der Waals surface area contributed by atoms with Gasteiger partial charge in [-0.25, -0.2) is 14.0 Å². The lowest BCUT2D eigenvalue weighted by molar-refractivity contribution is -0.139. The summed E-state index contributed by atoms with van der Waals surface area (Å²) in [6, 6.07) is 2.32. The highest BCUT2D eigenvalue weighted by Gasteiger charge is 2.18. The second-order valence-corrected chi connectivity index (χ2v) is 4.36. The standard InChI is InChI=1S/C14H19FN2O4/c1-3-5-11(13(18)19)17-14(20)16-9-6-7-12(21-4-2)10(15)8-9/h6-8,11H,3-5H2,1-2H3,(H,18,19)(H2,16,17,20). The van der Waals surface area contributed by atoms with Gasteiger partial charge in [-0.15, -0.1) is 0 Å². The zero-order valence-electron chi connectivity index (χ0n) is 12.0. The van der Waals surface area contributed by atoms with Crippen molar-refractivity contribution >= 4 is 17.7 Å². The molecule has 0 radical (unpaired) electrons. The fraction of sp³-hybridized carbons (Fsp3) is 0.429. The van der Waals surface area contributed by atoms with Crippen LogP contribution < -0.4 is 15.4 Å². The molecular formula is C14H19FN2O4. The molecule has 6 nitrogen and oxygen atoms in total. The third-order valence-electron chi connectivity index (χ3n) is 2.67. The molecule has 0 aromatic heterocycles. The van der Waals surface area contributed by atoms with Gasteiger partial charge >= 0.3 is 12.0 Å². The number of nitrogens with one attached hydrogen (secondary N) is 2. The molecule has 0 fully saturated rings. The van der Waals surface area contributed by atoms with Gasteiger partial charge in [-0.2, -0.15) is 0 Å². The predicted octanol–water partition coefficient (Wildman–Crippen LogP) is 2.60. The first-order chi connectivity index (χ1) is 9.97. The molecule has 0 aliphatic rings. The Morgan fingerprint density at radius 1 is 1.38 bits per heavy atom. The number of anilines is 1. The molecule has 1 rings (SSSR count). The van der Waals surface area contributed by atoms with Crippen LogP contribution in [0.4, 0.5) is 14.9 Å². The van der Waals surface area contributed by atoms with Crippen LogP contribution in [-0.4, -0.2) is 29.8 Å². The number of aliphatic carboxylic acids is 1. The van der Waals surface area contributed by atoms with Gasteiger partial charge in [0.25, 0.3) is 0 Å². The topological polar surface area (TPSA) is 87.7 Å². The zero-order chi connectivity index (χ0) is 15.8. The molecule has 0 bridgehead atoms. The quantitative estimate of drug-likeness (QED) is 0.722. The van der Waals surface area contributed by atoms with Crippen molar-refractivity contribution < 1.29 is 23.8 Å². The van der Waals surface area contributed by atoms with Crippen LogP contribution in [0.25, 0.3) is 0 Å². The second-order valence-electron chi connectivity index (χ2n) is 4.36. The number of halogens is 1. The first-order valence-corrected chi connectivity index (χ1v) is 6.70. The third-order valence-corrected chi connectivity index (χ3v) is 2.67. The van der Waals surface area contributed by atoms with Gasteiger partial charge in [-0.05, 0) is 25.5 Å². The lowest BCUT2D eigenvalue weighted by Crippen LogP contribution is -2.42. The van der Waals surface area contributed by atoms with Gasteiger partial charge in [0.2, 0.25) is 0 Å². The Labute approximate surface area is 122 Å². The van der Waals surface area contributed by atoms with Crippen LogP contribution in [0.1, 0.15) is 26.7 Å². The summed E-state index contributed by atoms with van der Waals surface area (Å²) in [6.07, 6.45) is 0.940. The molecule has 7 heteroatoms. The van der Waals surface area contributed by atoms with E-state index in [2.05, 4.69) is 10.6 Å². The molecule has 2 amide bonds. The Morgan fingerprint density at radius 3 is 2.62 bits per heavy atom. The average Bonchev–Trinajstić information content (AvgIpc) is 2.41. The Hall–Kier alpha value is -2.31. The minimum absolute atomic E-state index is 0.0952. The predicted molar refractivity (Wildman–Crippen MR) is 76.1 cm³/mol. The molecule has 0 heterocycles. The highest BCUT2D eigenvalue weighted by atomic mass is 19.1. The van der Waals surface area contributed by atoms with Crippen LogP contribution in [0, 0.1) is 5.82 Å². The Morgan fingerprint density at radius 2 is 2.10 bits per heavy atom. The largest absolute Gasteiger partial charge is 0.491 e. The van der Waals surface area contributed by atoms with E-state index in [0.29, 0.717) is 19.4 Å². The number of urea groups is 1. The zero-order valence-corrected chi connectivity index (χ0v) is 12.0. The fourth-order valence-electron chi connectivity index (χ4n) is 1.72. The van der Waals surface area contributed by atoms with Gasteiger partial charge in [-0.1, -0.05) is 13.3 Å². The molecule has 1 atom stereocenters. The van der Waals surface area contributed by atoms with E-state index in [-0.39, 0.29) is 11.4 Å². The molecule has 1 aromatic rings. The smallest absolute Gasteiger partial charge is 0.326 e. The molecule has 0 saturated carbocycles. The number of rotatable bonds is 7. The number of hydrogen-bond donors (Lipinski definition) is 3. The van der Waals surface area contributed by atoms with E-state index in [1.54, 1.807) is 6.92 Å². The summed E-state index contributed by atoms with van der Waals surface area (Å²) in [7, 11) is 0. The Bertz CT molecular complexity index is 508. The Balaban J connectivity index is 2.66. The number of carbonyl (C=O) groups is 2. The highest BCUT2D eigenvalue weighted by Crippen LogP contribution is 2.21. The van der Waals surface area contributed by atoms with E-state index in [1.165, 1.54) is 12.1 Å². The van der Waals surface area contributed by atoms with Gasteiger partial charge in [-0.3, -0.25) is 0 Å². The molecule has 0 spiro atoms. The van der Waals surface area contributed by atoms with Crippen molar-refractivity contribution in [2.45, 2.75) is 32.7 Å². The molecule has 0 aliphatic carbocycles. The molecule has 0 aliphatic heterocycles. The number of carbonyl (C=O) groups excluding carboxylic acids is 1. The van der Waals surface area contributed by atoms with Crippen molar-refractivity contribution in [1.82, 2.24) is 5.32 Å². The number of hydrogen-bond acceptors (Lipinski definition) is 3. The molecule has 1 unspecified atom stereocenters. The van der Waals surface area contributed by atoms with Crippen molar-refractivity contribution in [3.63, 3.8) is 0 Å². The number of benzene rings is 1.